The standard InChI is InChI=1S/C12H13BrFN/c1-3-5-15-12(4-2)9-6-10(13)8-11(14)7-9/h1,6-8,12,15H,4-5H2,2H3. The second kappa shape index (κ2) is 5.89. The van der Waals surface area contributed by atoms with Gasteiger partial charge in [-0.25, -0.2) is 4.39 Å². The summed E-state index contributed by atoms with van der Waals surface area (Å²) in [7, 11) is 0. The maximum absolute atomic E-state index is 13.1. The molecule has 1 N–H and O–H groups in total. The molecule has 1 rings (SSSR count). The first-order chi connectivity index (χ1) is 7.17. The first-order valence-electron chi connectivity index (χ1n) is 4.80. The molecule has 1 unspecified atom stereocenters. The first-order valence-corrected chi connectivity index (χ1v) is 5.59. The lowest BCUT2D eigenvalue weighted by Gasteiger charge is -2.16. The van der Waals surface area contributed by atoms with Crippen molar-refractivity contribution in [3.63, 3.8) is 0 Å². The number of nitrogens with one attached hydrogen (secondary N) is 1. The van der Waals surface area contributed by atoms with E-state index in [-0.39, 0.29) is 11.9 Å². The van der Waals surface area contributed by atoms with Crippen LogP contribution < -0.4 is 5.32 Å². The Kier molecular flexibility index (Phi) is 4.80. The van der Waals surface area contributed by atoms with Gasteiger partial charge in [-0.15, -0.1) is 6.42 Å². The molecule has 0 bridgehead atoms. The SMILES string of the molecule is C#CCNC(CC)c1cc(F)cc(Br)c1. The van der Waals surface area contributed by atoms with E-state index < -0.39 is 0 Å². The van der Waals surface area contributed by atoms with Gasteiger partial charge in [0, 0.05) is 10.5 Å². The van der Waals surface area contributed by atoms with Crippen molar-refractivity contribution in [1.29, 1.82) is 0 Å². The monoisotopic (exact) mass is 269 g/mol. The van der Waals surface area contributed by atoms with Crippen molar-refractivity contribution < 1.29 is 4.39 Å². The molecular weight excluding hydrogens is 257 g/mol. The lowest BCUT2D eigenvalue weighted by atomic mass is 10.0. The van der Waals surface area contributed by atoms with Crippen LogP contribution in [-0.4, -0.2) is 6.54 Å². The molecule has 0 spiro atoms. The van der Waals surface area contributed by atoms with Crippen molar-refractivity contribution in [2.75, 3.05) is 6.54 Å². The fraction of sp³-hybridized carbons (Fsp3) is 0.333. The van der Waals surface area contributed by atoms with Crippen molar-refractivity contribution in [2.24, 2.45) is 0 Å². The maximum Gasteiger partial charge on any atom is 0.124 e. The molecule has 0 radical (unpaired) electrons. The molecule has 15 heavy (non-hydrogen) atoms. The smallest absolute Gasteiger partial charge is 0.124 e. The van der Waals surface area contributed by atoms with Gasteiger partial charge in [0.25, 0.3) is 0 Å². The van der Waals surface area contributed by atoms with Gasteiger partial charge in [0.1, 0.15) is 5.82 Å². The van der Waals surface area contributed by atoms with Gasteiger partial charge in [0.05, 0.1) is 6.54 Å². The van der Waals surface area contributed by atoms with Crippen molar-refractivity contribution in [2.45, 2.75) is 19.4 Å². The Morgan fingerprint density at radius 2 is 2.27 bits per heavy atom. The number of halogens is 2. The van der Waals surface area contributed by atoms with Crippen LogP contribution in [0.3, 0.4) is 0 Å². The van der Waals surface area contributed by atoms with Gasteiger partial charge in [-0.2, -0.15) is 0 Å². The molecule has 80 valence electrons. The minimum absolute atomic E-state index is 0.105. The van der Waals surface area contributed by atoms with Gasteiger partial charge in [0.15, 0.2) is 0 Å². The molecule has 0 aliphatic carbocycles. The van der Waals surface area contributed by atoms with Crippen LogP contribution in [-0.2, 0) is 0 Å². The van der Waals surface area contributed by atoms with Gasteiger partial charge >= 0.3 is 0 Å². The summed E-state index contributed by atoms with van der Waals surface area (Å²) in [5.74, 6) is 2.28. The third kappa shape index (κ3) is 3.65. The molecule has 1 aromatic carbocycles. The molecule has 0 saturated heterocycles. The summed E-state index contributed by atoms with van der Waals surface area (Å²) in [6.07, 6.45) is 6.05. The maximum atomic E-state index is 13.1. The highest BCUT2D eigenvalue weighted by molar-refractivity contribution is 9.10. The molecule has 0 aliphatic heterocycles. The van der Waals surface area contributed by atoms with E-state index >= 15 is 0 Å². The fourth-order valence-electron chi connectivity index (χ4n) is 1.46. The lowest BCUT2D eigenvalue weighted by Crippen LogP contribution is -2.21. The Hall–Kier alpha value is -0.850. The van der Waals surface area contributed by atoms with E-state index in [1.54, 1.807) is 0 Å². The zero-order valence-corrected chi connectivity index (χ0v) is 10.1. The largest absolute Gasteiger partial charge is 0.299 e. The first kappa shape index (κ1) is 12.2. The summed E-state index contributed by atoms with van der Waals surface area (Å²) in [5.41, 5.74) is 0.916. The Balaban J connectivity index is 2.87. The van der Waals surface area contributed by atoms with E-state index in [0.717, 1.165) is 16.5 Å². The van der Waals surface area contributed by atoms with Crippen LogP contribution >= 0.6 is 15.9 Å². The summed E-state index contributed by atoms with van der Waals surface area (Å²) in [5, 5.41) is 3.17. The molecule has 0 amide bonds. The molecule has 1 atom stereocenters. The zero-order valence-electron chi connectivity index (χ0n) is 8.56. The third-order valence-electron chi connectivity index (χ3n) is 2.15. The highest BCUT2D eigenvalue weighted by Crippen LogP contribution is 2.22. The number of hydrogen-bond acceptors (Lipinski definition) is 1. The van der Waals surface area contributed by atoms with Crippen molar-refractivity contribution in [3.05, 3.63) is 34.1 Å². The van der Waals surface area contributed by atoms with Gasteiger partial charge in [0.2, 0.25) is 0 Å². The average molecular weight is 270 g/mol. The second-order valence-electron chi connectivity index (χ2n) is 3.25. The van der Waals surface area contributed by atoms with E-state index in [9.17, 15) is 4.39 Å². The van der Waals surface area contributed by atoms with Crippen LogP contribution in [0.2, 0.25) is 0 Å². The number of terminal acetylenes is 1. The fourth-order valence-corrected chi connectivity index (χ4v) is 1.94. The molecule has 0 aromatic heterocycles. The predicted molar refractivity (Wildman–Crippen MR) is 64.0 cm³/mol. The minimum Gasteiger partial charge on any atom is -0.299 e. The lowest BCUT2D eigenvalue weighted by molar-refractivity contribution is 0.547. The Labute approximate surface area is 98.2 Å². The number of benzene rings is 1. The van der Waals surface area contributed by atoms with Gasteiger partial charge in [-0.05, 0) is 30.2 Å². The van der Waals surface area contributed by atoms with E-state index in [1.807, 2.05) is 13.0 Å². The van der Waals surface area contributed by atoms with Crippen molar-refractivity contribution >= 4 is 15.9 Å². The third-order valence-corrected chi connectivity index (χ3v) is 2.60. The van der Waals surface area contributed by atoms with Gasteiger partial charge in [-0.1, -0.05) is 28.8 Å². The summed E-state index contributed by atoms with van der Waals surface area (Å²) in [6, 6.07) is 4.98. The van der Waals surface area contributed by atoms with E-state index in [4.69, 9.17) is 6.42 Å². The minimum atomic E-state index is -0.236. The molecule has 0 saturated carbocycles. The van der Waals surface area contributed by atoms with Crippen molar-refractivity contribution in [3.8, 4) is 12.3 Å². The van der Waals surface area contributed by atoms with Gasteiger partial charge in [-0.3, -0.25) is 5.32 Å². The normalized spacial score (nSPS) is 12.1. The van der Waals surface area contributed by atoms with E-state index in [2.05, 4.69) is 27.2 Å². The van der Waals surface area contributed by atoms with Crippen LogP contribution in [0.25, 0.3) is 0 Å². The van der Waals surface area contributed by atoms with Crippen LogP contribution in [0.4, 0.5) is 4.39 Å². The van der Waals surface area contributed by atoms with Crippen LogP contribution in [0, 0.1) is 18.2 Å². The topological polar surface area (TPSA) is 12.0 Å². The van der Waals surface area contributed by atoms with Crippen LogP contribution in [0.15, 0.2) is 22.7 Å². The molecule has 3 heteroatoms. The molecular formula is C12H13BrFN. The summed E-state index contributed by atoms with van der Waals surface area (Å²) >= 11 is 3.27. The molecule has 0 heterocycles. The van der Waals surface area contributed by atoms with Crippen molar-refractivity contribution in [1.82, 2.24) is 5.32 Å². The molecule has 1 aromatic rings. The van der Waals surface area contributed by atoms with Crippen LogP contribution in [0.5, 0.6) is 0 Å². The zero-order chi connectivity index (χ0) is 11.3. The highest BCUT2D eigenvalue weighted by atomic mass is 79.9. The molecule has 0 fully saturated rings. The Morgan fingerprint density at radius 1 is 1.53 bits per heavy atom. The van der Waals surface area contributed by atoms with Gasteiger partial charge < -0.3 is 0 Å². The number of rotatable bonds is 4. The molecule has 0 aliphatic rings. The summed E-state index contributed by atoms with van der Waals surface area (Å²) in [4.78, 5) is 0. The van der Waals surface area contributed by atoms with E-state index in [1.165, 1.54) is 12.1 Å². The average Bonchev–Trinajstić information content (AvgIpc) is 2.17. The number of hydrogen-bond donors (Lipinski definition) is 1. The summed E-state index contributed by atoms with van der Waals surface area (Å²) in [6.45, 7) is 2.53. The quantitative estimate of drug-likeness (QED) is 0.828. The summed E-state index contributed by atoms with van der Waals surface area (Å²) < 4.78 is 13.9. The highest BCUT2D eigenvalue weighted by Gasteiger charge is 2.09. The Morgan fingerprint density at radius 3 is 2.80 bits per heavy atom. The van der Waals surface area contributed by atoms with Crippen LogP contribution in [0.1, 0.15) is 24.9 Å². The van der Waals surface area contributed by atoms with E-state index in [0.29, 0.717) is 6.54 Å². The Bertz CT molecular complexity index is 350. The molecule has 1 nitrogen and oxygen atoms in total. The second-order valence-corrected chi connectivity index (χ2v) is 4.16. The predicted octanol–water partition coefficient (Wildman–Crippen LogP) is 3.26.